The normalized spacial score (nSPS) is 12.7. The summed E-state index contributed by atoms with van der Waals surface area (Å²) < 4.78 is 0. The van der Waals surface area contributed by atoms with Crippen molar-refractivity contribution in [3.05, 3.63) is 0 Å². The van der Waals surface area contributed by atoms with Crippen molar-refractivity contribution in [2.45, 2.75) is 18.9 Å². The van der Waals surface area contributed by atoms with Gasteiger partial charge >= 0.3 is 0 Å². The van der Waals surface area contributed by atoms with Gasteiger partial charge in [-0.3, -0.25) is 9.69 Å². The molecule has 0 aliphatic rings. The molecule has 0 aromatic rings. The third-order valence-electron chi connectivity index (χ3n) is 2.64. The summed E-state index contributed by atoms with van der Waals surface area (Å²) in [5.74, 6) is -0.143. The smallest absolute Gasteiger partial charge is 0.258 e. The Hall–Kier alpha value is -0.730. The van der Waals surface area contributed by atoms with Gasteiger partial charge in [-0.2, -0.15) is 0 Å². The van der Waals surface area contributed by atoms with Crippen molar-refractivity contribution >= 4 is 5.91 Å². The largest absolute Gasteiger partial charge is 0.330 e. The molecule has 1 radical (unpaired) electrons. The van der Waals surface area contributed by atoms with Gasteiger partial charge in [0.25, 0.3) is 5.91 Å². The highest BCUT2D eigenvalue weighted by atomic mass is 16.2. The van der Waals surface area contributed by atoms with Gasteiger partial charge in [-0.25, -0.2) is 5.32 Å². The molecule has 1 atom stereocenters. The third kappa shape index (κ3) is 6.87. The highest BCUT2D eigenvalue weighted by Gasteiger charge is 2.24. The Bertz CT molecular complexity index is 208. The van der Waals surface area contributed by atoms with Crippen molar-refractivity contribution < 1.29 is 4.79 Å². The number of nitrogens with zero attached hydrogens (tertiary/aromatic N) is 2. The number of amides is 1. The highest BCUT2D eigenvalue weighted by molar-refractivity contribution is 5.81. The molecule has 0 saturated carbocycles. The number of hydrogen-bond acceptors (Lipinski definition) is 6. The van der Waals surface area contributed by atoms with E-state index in [2.05, 4.69) is 5.32 Å². The fourth-order valence-corrected chi connectivity index (χ4v) is 1.81. The number of carbonyl (C=O) groups is 1. The Morgan fingerprint density at radius 3 is 2.06 bits per heavy atom. The van der Waals surface area contributed by atoms with Crippen LogP contribution in [0.2, 0.25) is 0 Å². The van der Waals surface area contributed by atoms with Crippen LogP contribution in [-0.2, 0) is 4.79 Å². The number of nitrogens with two attached hydrogens (primary N) is 4. The van der Waals surface area contributed by atoms with E-state index in [-0.39, 0.29) is 11.9 Å². The summed E-state index contributed by atoms with van der Waals surface area (Å²) in [6.45, 7) is 3.54. The van der Waals surface area contributed by atoms with Crippen molar-refractivity contribution in [3.63, 3.8) is 0 Å². The van der Waals surface area contributed by atoms with Crippen LogP contribution in [0.5, 0.6) is 0 Å². The molecule has 1 amide bonds. The summed E-state index contributed by atoms with van der Waals surface area (Å²) in [6, 6.07) is -0.271. The van der Waals surface area contributed by atoms with E-state index < -0.39 is 0 Å². The fourth-order valence-electron chi connectivity index (χ4n) is 1.81. The van der Waals surface area contributed by atoms with Crippen LogP contribution in [0.15, 0.2) is 0 Å². The van der Waals surface area contributed by atoms with E-state index in [0.717, 1.165) is 6.42 Å². The minimum Gasteiger partial charge on any atom is -0.330 e. The molecule has 7 nitrogen and oxygen atoms in total. The second kappa shape index (κ2) is 11.4. The quantitative estimate of drug-likeness (QED) is 0.321. The molecular formula is C11H27N6O. The van der Waals surface area contributed by atoms with Gasteiger partial charge < -0.3 is 22.9 Å². The monoisotopic (exact) mass is 259 g/mol. The minimum absolute atomic E-state index is 0.143. The summed E-state index contributed by atoms with van der Waals surface area (Å²) in [5.41, 5.74) is 22.0. The summed E-state index contributed by atoms with van der Waals surface area (Å²) >= 11 is 0. The SMILES string of the molecule is NCCCC(C(=O)[N]CCN)N(CCN)CCN. The van der Waals surface area contributed by atoms with Crippen LogP contribution in [-0.4, -0.2) is 62.7 Å². The Kier molecular flexibility index (Phi) is 10.9. The first kappa shape index (κ1) is 17.3. The zero-order chi connectivity index (χ0) is 13.8. The topological polar surface area (TPSA) is 138 Å². The lowest BCUT2D eigenvalue weighted by atomic mass is 10.1. The zero-order valence-electron chi connectivity index (χ0n) is 11.1. The van der Waals surface area contributed by atoms with Crippen molar-refractivity contribution in [2.24, 2.45) is 22.9 Å². The van der Waals surface area contributed by atoms with Crippen molar-refractivity contribution in [3.8, 4) is 0 Å². The van der Waals surface area contributed by atoms with Gasteiger partial charge in [-0.05, 0) is 19.4 Å². The molecule has 0 heterocycles. The van der Waals surface area contributed by atoms with Gasteiger partial charge in [-0.1, -0.05) is 0 Å². The van der Waals surface area contributed by atoms with E-state index >= 15 is 0 Å². The van der Waals surface area contributed by atoms with E-state index in [1.54, 1.807) is 0 Å². The van der Waals surface area contributed by atoms with Crippen LogP contribution < -0.4 is 28.3 Å². The van der Waals surface area contributed by atoms with Crippen molar-refractivity contribution in [1.82, 2.24) is 10.2 Å². The zero-order valence-corrected chi connectivity index (χ0v) is 11.1. The first-order valence-corrected chi connectivity index (χ1v) is 6.46. The first-order chi connectivity index (χ1) is 8.71. The summed E-state index contributed by atoms with van der Waals surface area (Å²) in [4.78, 5) is 14.0. The summed E-state index contributed by atoms with van der Waals surface area (Å²) in [7, 11) is 0. The average molecular weight is 259 g/mol. The molecule has 0 saturated heterocycles. The molecule has 0 fully saturated rings. The fraction of sp³-hybridized carbons (Fsp3) is 0.909. The van der Waals surface area contributed by atoms with Gasteiger partial charge in [0.05, 0.1) is 12.6 Å². The van der Waals surface area contributed by atoms with Crippen LogP contribution in [0, 0.1) is 0 Å². The van der Waals surface area contributed by atoms with Crippen LogP contribution >= 0.6 is 0 Å². The molecule has 0 aliphatic heterocycles. The lowest BCUT2D eigenvalue weighted by molar-refractivity contribution is -0.127. The van der Waals surface area contributed by atoms with E-state index in [0.29, 0.717) is 52.2 Å². The molecule has 0 aromatic heterocycles. The van der Waals surface area contributed by atoms with Gasteiger partial charge in [-0.15, -0.1) is 0 Å². The maximum Gasteiger partial charge on any atom is 0.258 e. The van der Waals surface area contributed by atoms with Crippen molar-refractivity contribution in [1.29, 1.82) is 0 Å². The van der Waals surface area contributed by atoms with Gasteiger partial charge in [0.2, 0.25) is 0 Å². The maximum absolute atomic E-state index is 12.0. The Labute approximate surface area is 109 Å². The van der Waals surface area contributed by atoms with Crippen LogP contribution in [0.1, 0.15) is 12.8 Å². The average Bonchev–Trinajstić information content (AvgIpc) is 2.37. The molecule has 7 heteroatoms. The molecule has 0 rings (SSSR count). The molecule has 0 aliphatic carbocycles. The molecule has 1 unspecified atom stereocenters. The second-order valence-electron chi connectivity index (χ2n) is 4.07. The standard InChI is InChI=1S/C11H27N6O/c12-3-1-2-10(11(18)16-7-4-13)17(8-5-14)9-6-15/h10H,1-9,12-15H2. The third-order valence-corrected chi connectivity index (χ3v) is 2.64. The molecule has 8 N–H and O–H groups in total. The van der Waals surface area contributed by atoms with Gasteiger partial charge in [0, 0.05) is 32.7 Å². The number of rotatable bonds is 11. The van der Waals surface area contributed by atoms with Crippen LogP contribution in [0.4, 0.5) is 0 Å². The minimum atomic E-state index is -0.271. The molecule has 0 bridgehead atoms. The molecule has 0 spiro atoms. The number of hydrogen-bond donors (Lipinski definition) is 4. The highest BCUT2D eigenvalue weighted by Crippen LogP contribution is 2.07. The van der Waals surface area contributed by atoms with E-state index in [1.807, 2.05) is 4.90 Å². The molecule has 107 valence electrons. The van der Waals surface area contributed by atoms with E-state index in [9.17, 15) is 4.79 Å². The Morgan fingerprint density at radius 2 is 1.61 bits per heavy atom. The molecule has 0 aromatic carbocycles. The molecule has 18 heavy (non-hydrogen) atoms. The first-order valence-electron chi connectivity index (χ1n) is 6.46. The Balaban J connectivity index is 4.52. The van der Waals surface area contributed by atoms with Gasteiger partial charge in [0.15, 0.2) is 0 Å². The predicted octanol–water partition coefficient (Wildman–Crippen LogP) is -2.60. The van der Waals surface area contributed by atoms with Gasteiger partial charge in [0.1, 0.15) is 0 Å². The molecular weight excluding hydrogens is 232 g/mol. The van der Waals surface area contributed by atoms with Crippen LogP contribution in [0.25, 0.3) is 0 Å². The predicted molar refractivity (Wildman–Crippen MR) is 72.8 cm³/mol. The maximum atomic E-state index is 12.0. The Morgan fingerprint density at radius 1 is 1.00 bits per heavy atom. The summed E-state index contributed by atoms with van der Waals surface area (Å²) in [5, 5.41) is 3.95. The lowest BCUT2D eigenvalue weighted by Gasteiger charge is -2.29. The van der Waals surface area contributed by atoms with E-state index in [1.165, 1.54) is 0 Å². The summed E-state index contributed by atoms with van der Waals surface area (Å²) in [6.07, 6.45) is 1.46. The lowest BCUT2D eigenvalue weighted by Crippen LogP contribution is -2.49. The van der Waals surface area contributed by atoms with E-state index in [4.69, 9.17) is 22.9 Å². The second-order valence-corrected chi connectivity index (χ2v) is 4.07. The van der Waals surface area contributed by atoms with Crippen LogP contribution in [0.3, 0.4) is 0 Å². The number of carbonyl (C=O) groups excluding carboxylic acids is 1. The van der Waals surface area contributed by atoms with Crippen molar-refractivity contribution in [2.75, 3.05) is 45.8 Å².